The van der Waals surface area contributed by atoms with Crippen molar-refractivity contribution in [1.29, 1.82) is 0 Å². The summed E-state index contributed by atoms with van der Waals surface area (Å²) in [6, 6.07) is 0. The third kappa shape index (κ3) is 2.29. The van der Waals surface area contributed by atoms with E-state index >= 15 is 0 Å². The van der Waals surface area contributed by atoms with Gasteiger partial charge in [-0.25, -0.2) is 0 Å². The predicted octanol–water partition coefficient (Wildman–Crippen LogP) is -0.959. The minimum atomic E-state index is -0.123. The number of nitrogens with two attached hydrogens (primary N) is 1. The van der Waals surface area contributed by atoms with Crippen molar-refractivity contribution in [3.05, 3.63) is 11.4 Å². The summed E-state index contributed by atoms with van der Waals surface area (Å²) in [5.74, 6) is -0.238. The second kappa shape index (κ2) is 4.67. The minimum absolute atomic E-state index is 0.115. The van der Waals surface area contributed by atoms with E-state index in [1.165, 1.54) is 4.90 Å². The molecule has 0 radical (unpaired) electrons. The third-order valence-electron chi connectivity index (χ3n) is 3.11. The summed E-state index contributed by atoms with van der Waals surface area (Å²) >= 11 is 0. The first kappa shape index (κ1) is 12.4. The topological polar surface area (TPSA) is 93.2 Å². The Labute approximate surface area is 105 Å². The number of nitrogen functional groups attached to an aromatic ring is 1. The highest BCUT2D eigenvalue weighted by Gasteiger charge is 2.22. The van der Waals surface area contributed by atoms with Gasteiger partial charge in [-0.15, -0.1) is 0 Å². The van der Waals surface area contributed by atoms with Gasteiger partial charge in [0.05, 0.1) is 23.6 Å². The maximum Gasteiger partial charge on any atom is 0.244 e. The molecule has 2 amide bonds. The van der Waals surface area contributed by atoms with Gasteiger partial charge in [-0.05, 0) is 13.8 Å². The zero-order chi connectivity index (χ0) is 13.3. The van der Waals surface area contributed by atoms with Crippen LogP contribution in [0.1, 0.15) is 11.4 Å². The van der Waals surface area contributed by atoms with Gasteiger partial charge in [0.2, 0.25) is 11.8 Å². The average Bonchev–Trinajstić information content (AvgIpc) is 2.57. The molecular weight excluding hydrogens is 234 g/mol. The standard InChI is InChI=1S/C11H17N5O2/c1-7-11(12)8(2)16(14-7)6-10(18)15-4-3-13-9(17)5-15/h3-6,12H2,1-2H3,(H,13,17). The van der Waals surface area contributed by atoms with Crippen LogP contribution in [0.3, 0.4) is 0 Å². The summed E-state index contributed by atoms with van der Waals surface area (Å²) in [7, 11) is 0. The molecule has 2 heterocycles. The fraction of sp³-hybridized carbons (Fsp3) is 0.545. The number of nitrogens with zero attached hydrogens (tertiary/aromatic N) is 3. The van der Waals surface area contributed by atoms with Crippen LogP contribution in [0.5, 0.6) is 0 Å². The maximum absolute atomic E-state index is 12.0. The first-order valence-corrected chi connectivity index (χ1v) is 5.83. The molecule has 1 fully saturated rings. The van der Waals surface area contributed by atoms with Gasteiger partial charge in [0.1, 0.15) is 6.54 Å². The lowest BCUT2D eigenvalue weighted by molar-refractivity contribution is -0.138. The van der Waals surface area contributed by atoms with Crippen molar-refractivity contribution in [1.82, 2.24) is 20.0 Å². The number of anilines is 1. The van der Waals surface area contributed by atoms with Crippen LogP contribution in [0.25, 0.3) is 0 Å². The van der Waals surface area contributed by atoms with Crippen LogP contribution in [0.15, 0.2) is 0 Å². The van der Waals surface area contributed by atoms with Gasteiger partial charge in [-0.2, -0.15) is 5.10 Å². The second-order valence-corrected chi connectivity index (χ2v) is 4.41. The Morgan fingerprint density at radius 3 is 2.78 bits per heavy atom. The molecule has 0 spiro atoms. The molecule has 0 atom stereocenters. The Morgan fingerprint density at radius 2 is 2.22 bits per heavy atom. The van der Waals surface area contributed by atoms with Gasteiger partial charge in [-0.3, -0.25) is 14.3 Å². The highest BCUT2D eigenvalue weighted by Crippen LogP contribution is 2.14. The van der Waals surface area contributed by atoms with E-state index in [1.54, 1.807) is 11.6 Å². The van der Waals surface area contributed by atoms with Gasteiger partial charge in [-0.1, -0.05) is 0 Å². The fourth-order valence-corrected chi connectivity index (χ4v) is 1.94. The van der Waals surface area contributed by atoms with Crippen molar-refractivity contribution < 1.29 is 9.59 Å². The molecule has 1 aliphatic heterocycles. The largest absolute Gasteiger partial charge is 0.396 e. The number of hydrogen-bond donors (Lipinski definition) is 2. The molecule has 3 N–H and O–H groups in total. The van der Waals surface area contributed by atoms with Crippen molar-refractivity contribution in [3.8, 4) is 0 Å². The number of piperazine rings is 1. The normalized spacial score (nSPS) is 15.7. The molecule has 1 aromatic rings. The lowest BCUT2D eigenvalue weighted by Crippen LogP contribution is -2.50. The molecule has 7 heteroatoms. The molecular formula is C11H17N5O2. The van der Waals surface area contributed by atoms with E-state index in [2.05, 4.69) is 10.4 Å². The first-order valence-electron chi connectivity index (χ1n) is 5.83. The smallest absolute Gasteiger partial charge is 0.244 e. The van der Waals surface area contributed by atoms with Crippen molar-refractivity contribution in [2.45, 2.75) is 20.4 Å². The zero-order valence-electron chi connectivity index (χ0n) is 10.6. The Bertz CT molecular complexity index is 494. The number of hydrogen-bond acceptors (Lipinski definition) is 4. The van der Waals surface area contributed by atoms with E-state index < -0.39 is 0 Å². The van der Waals surface area contributed by atoms with Crippen LogP contribution < -0.4 is 11.1 Å². The van der Waals surface area contributed by atoms with E-state index in [0.717, 1.165) is 11.4 Å². The molecule has 0 bridgehead atoms. The molecule has 18 heavy (non-hydrogen) atoms. The van der Waals surface area contributed by atoms with Crippen LogP contribution in [0.2, 0.25) is 0 Å². The van der Waals surface area contributed by atoms with Crippen LogP contribution in [-0.2, 0) is 16.1 Å². The van der Waals surface area contributed by atoms with Crippen LogP contribution in [0.4, 0.5) is 5.69 Å². The summed E-state index contributed by atoms with van der Waals surface area (Å²) in [5.41, 5.74) is 7.92. The monoisotopic (exact) mass is 251 g/mol. The Morgan fingerprint density at radius 1 is 1.50 bits per heavy atom. The van der Waals surface area contributed by atoms with Gasteiger partial charge < -0.3 is 16.0 Å². The molecule has 0 aromatic carbocycles. The van der Waals surface area contributed by atoms with Crippen molar-refractivity contribution in [2.75, 3.05) is 25.4 Å². The SMILES string of the molecule is Cc1nn(CC(=O)N2CCNC(=O)C2)c(C)c1N. The van der Waals surface area contributed by atoms with Gasteiger partial charge in [0, 0.05) is 13.1 Å². The first-order chi connectivity index (χ1) is 8.49. The average molecular weight is 251 g/mol. The molecule has 7 nitrogen and oxygen atoms in total. The van der Waals surface area contributed by atoms with Gasteiger partial charge in [0.25, 0.3) is 0 Å². The summed E-state index contributed by atoms with van der Waals surface area (Å²) in [4.78, 5) is 24.8. The van der Waals surface area contributed by atoms with E-state index in [1.807, 2.05) is 6.92 Å². The van der Waals surface area contributed by atoms with E-state index in [0.29, 0.717) is 18.8 Å². The molecule has 0 saturated carbocycles. The van der Waals surface area contributed by atoms with Crippen LogP contribution in [-0.4, -0.2) is 46.1 Å². The third-order valence-corrected chi connectivity index (χ3v) is 3.11. The highest BCUT2D eigenvalue weighted by atomic mass is 16.2. The second-order valence-electron chi connectivity index (χ2n) is 4.41. The molecule has 2 rings (SSSR count). The lowest BCUT2D eigenvalue weighted by Gasteiger charge is -2.26. The molecule has 0 unspecified atom stereocenters. The number of nitrogens with one attached hydrogen (secondary N) is 1. The molecule has 1 aliphatic rings. The number of aryl methyl sites for hydroxylation is 1. The van der Waals surface area contributed by atoms with Crippen LogP contribution >= 0.6 is 0 Å². The maximum atomic E-state index is 12.0. The number of amides is 2. The summed E-state index contributed by atoms with van der Waals surface area (Å²) in [6.45, 7) is 4.91. The number of carbonyl (C=O) groups is 2. The Kier molecular flexibility index (Phi) is 3.22. The van der Waals surface area contributed by atoms with E-state index in [4.69, 9.17) is 5.73 Å². The Hall–Kier alpha value is -2.05. The molecule has 1 aromatic heterocycles. The van der Waals surface area contributed by atoms with Crippen molar-refractivity contribution in [3.63, 3.8) is 0 Å². The molecule has 98 valence electrons. The fourth-order valence-electron chi connectivity index (χ4n) is 1.94. The quantitative estimate of drug-likeness (QED) is 0.708. The van der Waals surface area contributed by atoms with Crippen LogP contribution in [0, 0.1) is 13.8 Å². The number of carbonyl (C=O) groups excluding carboxylic acids is 2. The van der Waals surface area contributed by atoms with Gasteiger partial charge in [0.15, 0.2) is 0 Å². The van der Waals surface area contributed by atoms with E-state index in [-0.39, 0.29) is 24.9 Å². The minimum Gasteiger partial charge on any atom is -0.396 e. The highest BCUT2D eigenvalue weighted by molar-refractivity contribution is 5.85. The summed E-state index contributed by atoms with van der Waals surface area (Å²) in [6.07, 6.45) is 0. The summed E-state index contributed by atoms with van der Waals surface area (Å²) in [5, 5.41) is 6.89. The summed E-state index contributed by atoms with van der Waals surface area (Å²) < 4.78 is 1.58. The molecule has 0 aliphatic carbocycles. The number of rotatable bonds is 2. The zero-order valence-corrected chi connectivity index (χ0v) is 10.6. The van der Waals surface area contributed by atoms with Crippen molar-refractivity contribution in [2.24, 2.45) is 0 Å². The Balaban J connectivity index is 2.06. The van der Waals surface area contributed by atoms with Gasteiger partial charge >= 0.3 is 0 Å². The van der Waals surface area contributed by atoms with E-state index in [9.17, 15) is 9.59 Å². The predicted molar refractivity (Wildman–Crippen MR) is 65.7 cm³/mol. The van der Waals surface area contributed by atoms with Crippen molar-refractivity contribution >= 4 is 17.5 Å². The lowest BCUT2D eigenvalue weighted by atomic mass is 10.3. The molecule has 1 saturated heterocycles. The number of aromatic nitrogens is 2.